The lowest BCUT2D eigenvalue weighted by atomic mass is 10.1. The average molecular weight is 423 g/mol. The SMILES string of the molecule is COc1cc(-c2cc3[nH]c(=O)n(C(/C=C(/C)N)=C/N)c(=O)c3s2)c(Cl)cc1F. The Morgan fingerprint density at radius 3 is 2.68 bits per heavy atom. The number of thiophene rings is 1. The van der Waals surface area contributed by atoms with Crippen molar-refractivity contribution in [2.24, 2.45) is 11.5 Å². The molecule has 28 heavy (non-hydrogen) atoms. The summed E-state index contributed by atoms with van der Waals surface area (Å²) in [6, 6.07) is 4.16. The van der Waals surface area contributed by atoms with Crippen LogP contribution in [-0.2, 0) is 0 Å². The zero-order valence-corrected chi connectivity index (χ0v) is 16.5. The molecule has 1 aromatic carbocycles. The molecule has 0 saturated heterocycles. The summed E-state index contributed by atoms with van der Waals surface area (Å²) in [5.41, 5.74) is 11.3. The summed E-state index contributed by atoms with van der Waals surface area (Å²) in [6.45, 7) is 1.61. The summed E-state index contributed by atoms with van der Waals surface area (Å²) < 4.78 is 20.0. The number of H-pyrrole nitrogens is 1. The number of allylic oxidation sites excluding steroid dienone is 3. The minimum atomic E-state index is -0.668. The second-order valence-corrected chi connectivity index (χ2v) is 7.33. The minimum absolute atomic E-state index is 0.0136. The van der Waals surface area contributed by atoms with E-state index in [4.69, 9.17) is 27.8 Å². The largest absolute Gasteiger partial charge is 0.494 e. The molecule has 0 spiro atoms. The number of aromatic nitrogens is 2. The fourth-order valence-corrected chi connectivity index (χ4v) is 4.05. The van der Waals surface area contributed by atoms with Crippen LogP contribution in [-0.4, -0.2) is 16.7 Å². The lowest BCUT2D eigenvalue weighted by molar-refractivity contribution is 0.387. The van der Waals surface area contributed by atoms with Crippen molar-refractivity contribution >= 4 is 38.9 Å². The average Bonchev–Trinajstić information content (AvgIpc) is 3.04. The lowest BCUT2D eigenvalue weighted by Crippen LogP contribution is -2.33. The van der Waals surface area contributed by atoms with Gasteiger partial charge in [-0.25, -0.2) is 13.8 Å². The van der Waals surface area contributed by atoms with Gasteiger partial charge >= 0.3 is 5.69 Å². The molecule has 0 unspecified atom stereocenters. The van der Waals surface area contributed by atoms with Crippen molar-refractivity contribution in [1.29, 1.82) is 0 Å². The smallest absolute Gasteiger partial charge is 0.333 e. The van der Waals surface area contributed by atoms with E-state index in [-0.39, 0.29) is 21.2 Å². The third-order valence-corrected chi connectivity index (χ3v) is 5.35. The maximum absolute atomic E-state index is 13.8. The first-order valence-corrected chi connectivity index (χ1v) is 9.14. The van der Waals surface area contributed by atoms with E-state index < -0.39 is 17.1 Å². The summed E-state index contributed by atoms with van der Waals surface area (Å²) in [4.78, 5) is 28.6. The van der Waals surface area contributed by atoms with Gasteiger partial charge in [0.15, 0.2) is 11.6 Å². The van der Waals surface area contributed by atoms with Gasteiger partial charge in [-0.1, -0.05) is 11.6 Å². The number of nitrogens with two attached hydrogens (primary N) is 2. The Morgan fingerprint density at radius 1 is 1.36 bits per heavy atom. The van der Waals surface area contributed by atoms with Gasteiger partial charge in [-0.05, 0) is 31.2 Å². The molecular weight excluding hydrogens is 407 g/mol. The normalized spacial score (nSPS) is 12.6. The highest BCUT2D eigenvalue weighted by Gasteiger charge is 2.17. The Labute approximate surface area is 167 Å². The van der Waals surface area contributed by atoms with Crippen LogP contribution in [0.5, 0.6) is 5.75 Å². The van der Waals surface area contributed by atoms with Crippen LogP contribution >= 0.6 is 22.9 Å². The first kappa shape index (κ1) is 19.7. The summed E-state index contributed by atoms with van der Waals surface area (Å²) in [5.74, 6) is -0.588. The second-order valence-electron chi connectivity index (χ2n) is 5.87. The first-order chi connectivity index (χ1) is 13.3. The number of hydrogen-bond donors (Lipinski definition) is 3. The molecule has 0 aliphatic rings. The molecule has 10 heteroatoms. The minimum Gasteiger partial charge on any atom is -0.494 e. The van der Waals surface area contributed by atoms with Crippen molar-refractivity contribution in [3.05, 3.63) is 67.9 Å². The van der Waals surface area contributed by atoms with E-state index in [1.54, 1.807) is 13.0 Å². The van der Waals surface area contributed by atoms with Crippen LogP contribution in [0.1, 0.15) is 6.92 Å². The maximum Gasteiger partial charge on any atom is 0.333 e. The van der Waals surface area contributed by atoms with Crippen molar-refractivity contribution in [3.63, 3.8) is 0 Å². The number of methoxy groups -OCH3 is 1. The Kier molecular flexibility index (Phi) is 5.30. The fraction of sp³-hybridized carbons (Fsp3) is 0.111. The van der Waals surface area contributed by atoms with Gasteiger partial charge in [0.05, 0.1) is 23.3 Å². The maximum atomic E-state index is 13.8. The zero-order chi connectivity index (χ0) is 20.6. The van der Waals surface area contributed by atoms with Crippen LogP contribution in [0.3, 0.4) is 0 Å². The molecule has 0 saturated carbocycles. The van der Waals surface area contributed by atoms with Gasteiger partial charge < -0.3 is 21.2 Å². The third kappa shape index (κ3) is 3.41. The van der Waals surface area contributed by atoms with E-state index in [1.165, 1.54) is 19.3 Å². The van der Waals surface area contributed by atoms with E-state index in [0.717, 1.165) is 28.2 Å². The molecule has 0 bridgehead atoms. The predicted octanol–water partition coefficient (Wildman–Crippen LogP) is 2.84. The topological polar surface area (TPSA) is 116 Å². The number of ether oxygens (including phenoxy) is 1. The molecule has 0 fully saturated rings. The number of hydrogen-bond acceptors (Lipinski definition) is 6. The quantitative estimate of drug-likeness (QED) is 0.559. The molecule has 0 aliphatic heterocycles. The van der Waals surface area contributed by atoms with Gasteiger partial charge in [0.1, 0.15) is 4.70 Å². The number of halogens is 2. The number of aromatic amines is 1. The van der Waals surface area contributed by atoms with Crippen molar-refractivity contribution in [1.82, 2.24) is 9.55 Å². The summed E-state index contributed by atoms with van der Waals surface area (Å²) in [5, 5.41) is 0.150. The Morgan fingerprint density at radius 2 is 2.07 bits per heavy atom. The van der Waals surface area contributed by atoms with Gasteiger partial charge in [-0.15, -0.1) is 11.3 Å². The van der Waals surface area contributed by atoms with Gasteiger partial charge in [0.25, 0.3) is 5.56 Å². The number of nitrogens with one attached hydrogen (secondary N) is 1. The number of benzene rings is 1. The fourth-order valence-electron chi connectivity index (χ4n) is 2.67. The highest BCUT2D eigenvalue weighted by Crippen LogP contribution is 2.38. The molecule has 2 aromatic heterocycles. The van der Waals surface area contributed by atoms with E-state index in [0.29, 0.717) is 21.7 Å². The van der Waals surface area contributed by atoms with Crippen molar-refractivity contribution in [3.8, 4) is 16.2 Å². The molecular formula is C18H16ClFN4O3S. The zero-order valence-electron chi connectivity index (χ0n) is 14.9. The molecule has 146 valence electrons. The highest BCUT2D eigenvalue weighted by atomic mass is 35.5. The number of nitrogens with zero attached hydrogens (tertiary/aromatic N) is 1. The van der Waals surface area contributed by atoms with Crippen molar-refractivity contribution in [2.75, 3.05) is 7.11 Å². The molecule has 2 heterocycles. The third-order valence-electron chi connectivity index (χ3n) is 3.89. The van der Waals surface area contributed by atoms with Gasteiger partial charge in [-0.3, -0.25) is 4.79 Å². The molecule has 3 aromatic rings. The molecule has 5 N–H and O–H groups in total. The summed E-state index contributed by atoms with van der Waals surface area (Å²) in [6.07, 6.45) is 2.54. The highest BCUT2D eigenvalue weighted by molar-refractivity contribution is 7.22. The molecule has 0 radical (unpaired) electrons. The number of fused-ring (bicyclic) bond motifs is 1. The second kappa shape index (κ2) is 7.53. The molecule has 0 aliphatic carbocycles. The Hall–Kier alpha value is -3.04. The van der Waals surface area contributed by atoms with E-state index >= 15 is 0 Å². The monoisotopic (exact) mass is 422 g/mol. The predicted molar refractivity (Wildman–Crippen MR) is 110 cm³/mol. The van der Waals surface area contributed by atoms with Crippen LogP contribution < -0.4 is 27.5 Å². The van der Waals surface area contributed by atoms with Crippen LogP contribution in [0, 0.1) is 5.82 Å². The Balaban J connectivity index is 2.27. The van der Waals surface area contributed by atoms with Gasteiger partial charge in [0.2, 0.25) is 0 Å². The van der Waals surface area contributed by atoms with E-state index in [2.05, 4.69) is 4.98 Å². The molecule has 0 amide bonds. The van der Waals surface area contributed by atoms with Crippen LogP contribution in [0.25, 0.3) is 26.4 Å². The Bertz CT molecular complexity index is 1250. The van der Waals surface area contributed by atoms with Crippen LogP contribution in [0.4, 0.5) is 4.39 Å². The molecule has 3 rings (SSSR count). The van der Waals surface area contributed by atoms with Crippen LogP contribution in [0.15, 0.2) is 45.8 Å². The van der Waals surface area contributed by atoms with Crippen LogP contribution in [0.2, 0.25) is 5.02 Å². The standard InChI is InChI=1S/C18H16ClFN4O3S/c1-8(22)3-9(7-21)24-17(25)16-13(23-18(24)26)6-15(28-16)10-4-14(27-2)12(20)5-11(10)19/h3-7H,21-22H2,1-2H3,(H,23,26)/b8-3-,9-7+. The van der Waals surface area contributed by atoms with Crippen molar-refractivity contribution < 1.29 is 9.13 Å². The summed E-state index contributed by atoms with van der Waals surface area (Å²) in [7, 11) is 1.34. The van der Waals surface area contributed by atoms with Gasteiger partial charge in [-0.2, -0.15) is 0 Å². The van der Waals surface area contributed by atoms with Crippen molar-refractivity contribution in [2.45, 2.75) is 6.92 Å². The molecule has 7 nitrogen and oxygen atoms in total. The lowest BCUT2D eigenvalue weighted by Gasteiger charge is -2.06. The summed E-state index contributed by atoms with van der Waals surface area (Å²) >= 11 is 7.26. The first-order valence-electron chi connectivity index (χ1n) is 7.95. The molecule has 0 atom stereocenters. The van der Waals surface area contributed by atoms with Gasteiger partial charge in [0, 0.05) is 22.3 Å². The van der Waals surface area contributed by atoms with E-state index in [9.17, 15) is 14.0 Å². The van der Waals surface area contributed by atoms with E-state index in [1.807, 2.05) is 0 Å². The number of rotatable bonds is 4.